The van der Waals surface area contributed by atoms with E-state index in [1.165, 1.54) is 19.1 Å². The SMILES string of the molecule is CC(=O)Nc1ccc(S(=O)(=O)NCCN2CCCC2c2ccc3c(c2)OCCO3)cc1. The van der Waals surface area contributed by atoms with Crippen LogP contribution in [-0.2, 0) is 14.8 Å². The maximum atomic E-state index is 12.6. The summed E-state index contributed by atoms with van der Waals surface area (Å²) < 4.78 is 39.2. The third-order valence-corrected chi connectivity index (χ3v) is 6.97. The first-order valence-corrected chi connectivity index (χ1v) is 11.9. The number of hydrogen-bond donors (Lipinski definition) is 2. The van der Waals surface area contributed by atoms with Crippen LogP contribution in [0.4, 0.5) is 5.69 Å². The topological polar surface area (TPSA) is 97.0 Å². The van der Waals surface area contributed by atoms with Crippen molar-refractivity contribution in [3.05, 3.63) is 48.0 Å². The van der Waals surface area contributed by atoms with Gasteiger partial charge in [0.15, 0.2) is 11.5 Å². The van der Waals surface area contributed by atoms with Crippen LogP contribution in [0, 0.1) is 0 Å². The number of nitrogens with one attached hydrogen (secondary N) is 2. The maximum Gasteiger partial charge on any atom is 0.240 e. The Morgan fingerprint density at radius 3 is 2.58 bits per heavy atom. The molecule has 1 atom stereocenters. The fraction of sp³-hybridized carbons (Fsp3) is 0.409. The summed E-state index contributed by atoms with van der Waals surface area (Å²) in [5.74, 6) is 1.35. The van der Waals surface area contributed by atoms with Gasteiger partial charge in [-0.15, -0.1) is 0 Å². The normalized spacial score (nSPS) is 18.7. The molecular weight excluding hydrogens is 418 g/mol. The third-order valence-electron chi connectivity index (χ3n) is 5.49. The van der Waals surface area contributed by atoms with Gasteiger partial charge in [-0.3, -0.25) is 9.69 Å². The minimum absolute atomic E-state index is 0.173. The van der Waals surface area contributed by atoms with Crippen LogP contribution in [0.2, 0.25) is 0 Å². The number of benzene rings is 2. The highest BCUT2D eigenvalue weighted by atomic mass is 32.2. The molecule has 31 heavy (non-hydrogen) atoms. The number of carbonyl (C=O) groups is 1. The number of hydrogen-bond acceptors (Lipinski definition) is 6. The lowest BCUT2D eigenvalue weighted by molar-refractivity contribution is -0.114. The van der Waals surface area contributed by atoms with E-state index in [9.17, 15) is 13.2 Å². The molecule has 1 fully saturated rings. The Bertz CT molecular complexity index is 1040. The van der Waals surface area contributed by atoms with Gasteiger partial charge in [-0.1, -0.05) is 6.07 Å². The zero-order chi connectivity index (χ0) is 21.8. The van der Waals surface area contributed by atoms with Crippen molar-refractivity contribution in [1.82, 2.24) is 9.62 Å². The summed E-state index contributed by atoms with van der Waals surface area (Å²) in [6.07, 6.45) is 2.09. The molecule has 2 heterocycles. The first-order valence-electron chi connectivity index (χ1n) is 10.4. The number of sulfonamides is 1. The molecule has 2 N–H and O–H groups in total. The molecule has 0 radical (unpaired) electrons. The maximum absolute atomic E-state index is 12.6. The van der Waals surface area contributed by atoms with Crippen molar-refractivity contribution in [3.63, 3.8) is 0 Å². The molecule has 9 heteroatoms. The number of anilines is 1. The van der Waals surface area contributed by atoms with Crippen molar-refractivity contribution in [1.29, 1.82) is 0 Å². The van der Waals surface area contributed by atoms with E-state index in [-0.39, 0.29) is 16.8 Å². The Morgan fingerprint density at radius 2 is 1.84 bits per heavy atom. The van der Waals surface area contributed by atoms with Crippen molar-refractivity contribution in [2.45, 2.75) is 30.7 Å². The summed E-state index contributed by atoms with van der Waals surface area (Å²) in [4.78, 5) is 13.6. The number of rotatable bonds is 7. The zero-order valence-electron chi connectivity index (χ0n) is 17.5. The largest absolute Gasteiger partial charge is 0.486 e. The van der Waals surface area contributed by atoms with E-state index in [4.69, 9.17) is 9.47 Å². The molecule has 1 unspecified atom stereocenters. The second-order valence-corrected chi connectivity index (χ2v) is 9.47. The number of likely N-dealkylation sites (tertiary alicyclic amines) is 1. The highest BCUT2D eigenvalue weighted by molar-refractivity contribution is 7.89. The third kappa shape index (κ3) is 5.17. The molecule has 0 spiro atoms. The fourth-order valence-corrected chi connectivity index (χ4v) is 5.09. The van der Waals surface area contributed by atoms with Gasteiger partial charge in [0, 0.05) is 31.7 Å². The van der Waals surface area contributed by atoms with Crippen LogP contribution in [0.5, 0.6) is 11.5 Å². The van der Waals surface area contributed by atoms with Crippen molar-refractivity contribution in [2.24, 2.45) is 0 Å². The zero-order valence-corrected chi connectivity index (χ0v) is 18.3. The molecule has 0 saturated carbocycles. The molecular formula is C22H27N3O5S. The molecule has 8 nitrogen and oxygen atoms in total. The number of nitrogens with zero attached hydrogens (tertiary/aromatic N) is 1. The summed E-state index contributed by atoms with van der Waals surface area (Å²) in [6, 6.07) is 12.4. The van der Waals surface area contributed by atoms with Gasteiger partial charge in [-0.25, -0.2) is 13.1 Å². The lowest BCUT2D eigenvalue weighted by Crippen LogP contribution is -2.34. The Hall–Kier alpha value is -2.62. The highest BCUT2D eigenvalue weighted by Gasteiger charge is 2.27. The minimum atomic E-state index is -3.62. The van der Waals surface area contributed by atoms with Crippen molar-refractivity contribution in [2.75, 3.05) is 38.2 Å². The van der Waals surface area contributed by atoms with E-state index in [1.807, 2.05) is 12.1 Å². The molecule has 4 rings (SSSR count). The molecule has 1 amide bonds. The number of carbonyl (C=O) groups excluding carboxylic acids is 1. The van der Waals surface area contributed by atoms with Crippen LogP contribution in [0.25, 0.3) is 0 Å². The van der Waals surface area contributed by atoms with Crippen molar-refractivity contribution in [3.8, 4) is 11.5 Å². The van der Waals surface area contributed by atoms with Crippen LogP contribution in [-0.4, -0.2) is 52.1 Å². The van der Waals surface area contributed by atoms with Gasteiger partial charge < -0.3 is 14.8 Å². The second kappa shape index (κ2) is 9.25. The summed E-state index contributed by atoms with van der Waals surface area (Å²) in [7, 11) is -3.62. The van der Waals surface area contributed by atoms with E-state index in [0.717, 1.165) is 36.4 Å². The smallest absolute Gasteiger partial charge is 0.240 e. The average Bonchev–Trinajstić information content (AvgIpc) is 3.22. The number of amides is 1. The molecule has 1 saturated heterocycles. The van der Waals surface area contributed by atoms with E-state index < -0.39 is 10.0 Å². The lowest BCUT2D eigenvalue weighted by atomic mass is 10.0. The van der Waals surface area contributed by atoms with Gasteiger partial charge in [0.1, 0.15) is 13.2 Å². The van der Waals surface area contributed by atoms with Crippen LogP contribution in [0.1, 0.15) is 31.4 Å². The van der Waals surface area contributed by atoms with Gasteiger partial charge in [-0.05, 0) is 61.3 Å². The van der Waals surface area contributed by atoms with E-state index in [1.54, 1.807) is 12.1 Å². The Balaban J connectivity index is 1.35. The minimum Gasteiger partial charge on any atom is -0.486 e. The van der Waals surface area contributed by atoms with Crippen LogP contribution in [0.15, 0.2) is 47.4 Å². The number of ether oxygens (including phenoxy) is 2. The fourth-order valence-electron chi connectivity index (χ4n) is 4.07. The van der Waals surface area contributed by atoms with Gasteiger partial charge in [0.25, 0.3) is 0 Å². The van der Waals surface area contributed by atoms with Crippen LogP contribution >= 0.6 is 0 Å². The average molecular weight is 446 g/mol. The Morgan fingerprint density at radius 1 is 1.10 bits per heavy atom. The first-order chi connectivity index (χ1) is 14.9. The van der Waals surface area contributed by atoms with Crippen molar-refractivity contribution < 1.29 is 22.7 Å². The standard InChI is InChI=1S/C22H27N3O5S/c1-16(26)24-18-5-7-19(8-6-18)31(27,28)23-10-12-25-11-2-3-20(25)17-4-9-21-22(15-17)30-14-13-29-21/h4-9,15,20,23H,2-3,10-14H2,1H3,(H,24,26). The molecule has 2 aliphatic heterocycles. The Labute approximate surface area is 182 Å². The molecule has 2 aromatic carbocycles. The van der Waals surface area contributed by atoms with E-state index in [2.05, 4.69) is 21.0 Å². The predicted octanol–water partition coefficient (Wildman–Crippen LogP) is 2.53. The molecule has 166 valence electrons. The van der Waals surface area contributed by atoms with E-state index >= 15 is 0 Å². The first kappa shape index (κ1) is 21.6. The van der Waals surface area contributed by atoms with Gasteiger partial charge in [0.2, 0.25) is 15.9 Å². The molecule has 0 aromatic heterocycles. The summed E-state index contributed by atoms with van der Waals surface area (Å²) in [5, 5.41) is 2.63. The van der Waals surface area contributed by atoms with E-state index in [0.29, 0.717) is 32.0 Å². The van der Waals surface area contributed by atoms with Gasteiger partial charge in [0.05, 0.1) is 4.90 Å². The van der Waals surface area contributed by atoms with Gasteiger partial charge >= 0.3 is 0 Å². The molecule has 2 aromatic rings. The van der Waals surface area contributed by atoms with Crippen LogP contribution in [0.3, 0.4) is 0 Å². The lowest BCUT2D eigenvalue weighted by Gasteiger charge is -2.26. The number of fused-ring (bicyclic) bond motifs is 1. The van der Waals surface area contributed by atoms with Crippen molar-refractivity contribution >= 4 is 21.6 Å². The Kier molecular flexibility index (Phi) is 6.45. The second-order valence-electron chi connectivity index (χ2n) is 7.70. The van der Waals surface area contributed by atoms with Gasteiger partial charge in [-0.2, -0.15) is 0 Å². The molecule has 2 aliphatic rings. The predicted molar refractivity (Wildman–Crippen MR) is 117 cm³/mol. The molecule has 0 aliphatic carbocycles. The quantitative estimate of drug-likeness (QED) is 0.680. The monoisotopic (exact) mass is 445 g/mol. The summed E-state index contributed by atoms with van der Waals surface area (Å²) in [5.41, 5.74) is 1.73. The summed E-state index contributed by atoms with van der Waals surface area (Å²) >= 11 is 0. The van der Waals surface area contributed by atoms with Crippen LogP contribution < -0.4 is 19.5 Å². The molecule has 0 bridgehead atoms. The highest BCUT2D eigenvalue weighted by Crippen LogP contribution is 2.37. The summed E-state index contributed by atoms with van der Waals surface area (Å²) in [6.45, 7) is 4.38.